The highest BCUT2D eigenvalue weighted by atomic mass is 19.1. The number of hydrogen-bond donors (Lipinski definition) is 1. The van der Waals surface area contributed by atoms with Gasteiger partial charge >= 0.3 is 0 Å². The lowest BCUT2D eigenvalue weighted by atomic mass is 10.2. The first kappa shape index (κ1) is 13.6. The van der Waals surface area contributed by atoms with Crippen LogP contribution in [0.3, 0.4) is 0 Å². The summed E-state index contributed by atoms with van der Waals surface area (Å²) in [5, 5.41) is 3.08. The number of anilines is 1. The lowest BCUT2D eigenvalue weighted by Crippen LogP contribution is -2.22. The monoisotopic (exact) mass is 262 g/mol. The van der Waals surface area contributed by atoms with E-state index in [1.165, 1.54) is 6.07 Å². The van der Waals surface area contributed by atoms with Gasteiger partial charge in [0, 0.05) is 24.3 Å². The maximum Gasteiger partial charge on any atom is 0.125 e. The first-order valence-electron chi connectivity index (χ1n) is 6.45. The van der Waals surface area contributed by atoms with E-state index in [-0.39, 0.29) is 5.82 Å². The Morgan fingerprint density at radius 1 is 1.32 bits per heavy atom. The second-order valence-corrected chi connectivity index (χ2v) is 4.39. The Morgan fingerprint density at radius 2 is 2.16 bits per heavy atom. The zero-order valence-corrected chi connectivity index (χ0v) is 11.3. The van der Waals surface area contributed by atoms with E-state index in [1.807, 2.05) is 19.2 Å². The number of nitrogens with one attached hydrogen (secondary N) is 1. The highest BCUT2D eigenvalue weighted by Gasteiger charge is 2.11. The molecule has 2 aromatic rings. The Kier molecular flexibility index (Phi) is 4.58. The zero-order valence-electron chi connectivity index (χ0n) is 11.3. The molecule has 0 amide bonds. The Hall–Kier alpha value is -1.81. The van der Waals surface area contributed by atoms with Gasteiger partial charge in [0.25, 0.3) is 0 Å². The molecule has 19 heavy (non-hydrogen) atoms. The van der Waals surface area contributed by atoms with Crippen LogP contribution < -0.4 is 10.2 Å². The molecule has 0 fully saturated rings. The van der Waals surface area contributed by atoms with Gasteiger partial charge in [0.2, 0.25) is 0 Å². The standard InChI is InChI=1S/C15H19FN2O/c1-3-18(14-6-4-5-13(16)9-14)11-12-7-8-19-15(12)10-17-2/h4-9,17H,3,10-11H2,1-2H3. The molecule has 2 rings (SSSR count). The molecule has 1 N–H and O–H groups in total. The van der Waals surface area contributed by atoms with Crippen LogP contribution in [-0.4, -0.2) is 13.6 Å². The number of furan rings is 1. The number of hydrogen-bond acceptors (Lipinski definition) is 3. The molecule has 0 unspecified atom stereocenters. The van der Waals surface area contributed by atoms with Crippen LogP contribution in [0.1, 0.15) is 18.2 Å². The van der Waals surface area contributed by atoms with E-state index in [1.54, 1.807) is 18.4 Å². The number of rotatable bonds is 6. The smallest absolute Gasteiger partial charge is 0.125 e. The van der Waals surface area contributed by atoms with E-state index in [2.05, 4.69) is 17.1 Å². The third-order valence-electron chi connectivity index (χ3n) is 3.09. The molecule has 0 aliphatic carbocycles. The topological polar surface area (TPSA) is 28.4 Å². The third-order valence-corrected chi connectivity index (χ3v) is 3.09. The molecule has 1 aromatic carbocycles. The fourth-order valence-electron chi connectivity index (χ4n) is 2.09. The third kappa shape index (κ3) is 3.35. The Balaban J connectivity index is 2.17. The summed E-state index contributed by atoms with van der Waals surface area (Å²) in [7, 11) is 1.89. The summed E-state index contributed by atoms with van der Waals surface area (Å²) in [5.41, 5.74) is 2.01. The van der Waals surface area contributed by atoms with Crippen LogP contribution in [0, 0.1) is 5.82 Å². The van der Waals surface area contributed by atoms with E-state index in [0.717, 1.165) is 23.6 Å². The van der Waals surface area contributed by atoms with Crippen molar-refractivity contribution in [2.45, 2.75) is 20.0 Å². The van der Waals surface area contributed by atoms with Gasteiger partial charge in [-0.15, -0.1) is 0 Å². The lowest BCUT2D eigenvalue weighted by molar-refractivity contribution is 0.490. The first-order chi connectivity index (χ1) is 9.24. The van der Waals surface area contributed by atoms with Crippen LogP contribution in [0.5, 0.6) is 0 Å². The van der Waals surface area contributed by atoms with Gasteiger partial charge in [0.05, 0.1) is 12.8 Å². The summed E-state index contributed by atoms with van der Waals surface area (Å²) in [4.78, 5) is 2.12. The fraction of sp³-hybridized carbons (Fsp3) is 0.333. The molecule has 0 atom stereocenters. The van der Waals surface area contributed by atoms with Crippen molar-refractivity contribution in [3.05, 3.63) is 53.7 Å². The molecule has 0 aliphatic rings. The van der Waals surface area contributed by atoms with Crippen molar-refractivity contribution in [3.63, 3.8) is 0 Å². The van der Waals surface area contributed by atoms with Gasteiger partial charge in [-0.1, -0.05) is 6.07 Å². The molecule has 0 aliphatic heterocycles. The minimum atomic E-state index is -0.210. The Bertz CT molecular complexity index is 524. The molecule has 4 heteroatoms. The van der Waals surface area contributed by atoms with Gasteiger partial charge < -0.3 is 14.6 Å². The van der Waals surface area contributed by atoms with Gasteiger partial charge in [0.15, 0.2) is 0 Å². The van der Waals surface area contributed by atoms with Crippen LogP contribution >= 0.6 is 0 Å². The van der Waals surface area contributed by atoms with Gasteiger partial charge in [-0.05, 0) is 38.2 Å². The molecule has 102 valence electrons. The highest BCUT2D eigenvalue weighted by molar-refractivity contribution is 5.47. The van der Waals surface area contributed by atoms with Crippen molar-refractivity contribution >= 4 is 5.69 Å². The minimum Gasteiger partial charge on any atom is -0.468 e. The second-order valence-electron chi connectivity index (χ2n) is 4.39. The number of benzene rings is 1. The molecular formula is C15H19FN2O. The van der Waals surface area contributed by atoms with Crippen LogP contribution in [0.2, 0.25) is 0 Å². The molecule has 0 saturated heterocycles. The molecule has 0 spiro atoms. The average Bonchev–Trinajstić information content (AvgIpc) is 2.84. The first-order valence-corrected chi connectivity index (χ1v) is 6.45. The van der Waals surface area contributed by atoms with E-state index >= 15 is 0 Å². The quantitative estimate of drug-likeness (QED) is 0.866. The number of nitrogens with zero attached hydrogens (tertiary/aromatic N) is 1. The molecule has 3 nitrogen and oxygen atoms in total. The molecule has 0 bridgehead atoms. The maximum atomic E-state index is 13.3. The van der Waals surface area contributed by atoms with Gasteiger partial charge in [-0.2, -0.15) is 0 Å². The van der Waals surface area contributed by atoms with Crippen molar-refractivity contribution in [1.29, 1.82) is 0 Å². The maximum absolute atomic E-state index is 13.3. The molecule has 1 heterocycles. The van der Waals surface area contributed by atoms with E-state index in [4.69, 9.17) is 4.42 Å². The van der Waals surface area contributed by atoms with E-state index < -0.39 is 0 Å². The van der Waals surface area contributed by atoms with Crippen molar-refractivity contribution in [2.24, 2.45) is 0 Å². The molecule has 0 saturated carbocycles. The zero-order chi connectivity index (χ0) is 13.7. The van der Waals surface area contributed by atoms with Gasteiger partial charge in [-0.3, -0.25) is 0 Å². The predicted molar refractivity (Wildman–Crippen MR) is 74.6 cm³/mol. The van der Waals surface area contributed by atoms with E-state index in [9.17, 15) is 4.39 Å². The van der Waals surface area contributed by atoms with Crippen LogP contribution in [0.4, 0.5) is 10.1 Å². The van der Waals surface area contributed by atoms with Crippen LogP contribution in [0.15, 0.2) is 41.0 Å². The van der Waals surface area contributed by atoms with Crippen molar-refractivity contribution < 1.29 is 8.81 Å². The largest absolute Gasteiger partial charge is 0.468 e. The lowest BCUT2D eigenvalue weighted by Gasteiger charge is -2.23. The van der Waals surface area contributed by atoms with Crippen molar-refractivity contribution in [1.82, 2.24) is 5.32 Å². The van der Waals surface area contributed by atoms with Crippen LogP contribution in [-0.2, 0) is 13.1 Å². The number of halogens is 1. The summed E-state index contributed by atoms with van der Waals surface area (Å²) in [5.74, 6) is 0.718. The van der Waals surface area contributed by atoms with Crippen molar-refractivity contribution in [3.8, 4) is 0 Å². The Morgan fingerprint density at radius 3 is 2.84 bits per heavy atom. The molecule has 1 aromatic heterocycles. The fourth-order valence-corrected chi connectivity index (χ4v) is 2.09. The van der Waals surface area contributed by atoms with Crippen LogP contribution in [0.25, 0.3) is 0 Å². The highest BCUT2D eigenvalue weighted by Crippen LogP contribution is 2.20. The van der Waals surface area contributed by atoms with E-state index in [0.29, 0.717) is 13.1 Å². The summed E-state index contributed by atoms with van der Waals surface area (Å²) in [6.07, 6.45) is 1.70. The van der Waals surface area contributed by atoms with Crippen molar-refractivity contribution in [2.75, 3.05) is 18.5 Å². The Labute approximate surface area is 113 Å². The predicted octanol–water partition coefficient (Wildman–Crippen LogP) is 3.16. The summed E-state index contributed by atoms with van der Waals surface area (Å²) in [6.45, 7) is 4.28. The molecule has 0 radical (unpaired) electrons. The SMILES string of the molecule is CCN(Cc1ccoc1CNC)c1cccc(F)c1. The minimum absolute atomic E-state index is 0.210. The van der Waals surface area contributed by atoms with Gasteiger partial charge in [0.1, 0.15) is 11.6 Å². The molecular weight excluding hydrogens is 243 g/mol. The summed E-state index contributed by atoms with van der Waals surface area (Å²) in [6, 6.07) is 8.64. The summed E-state index contributed by atoms with van der Waals surface area (Å²) < 4.78 is 18.7. The normalized spacial score (nSPS) is 10.7. The van der Waals surface area contributed by atoms with Gasteiger partial charge in [-0.25, -0.2) is 4.39 Å². The average molecular weight is 262 g/mol. The summed E-state index contributed by atoms with van der Waals surface area (Å²) >= 11 is 0. The second kappa shape index (κ2) is 6.38.